The lowest BCUT2D eigenvalue weighted by molar-refractivity contribution is -0.126. The summed E-state index contributed by atoms with van der Waals surface area (Å²) in [5, 5.41) is 2.20. The second kappa shape index (κ2) is 8.79. The molecule has 10 heteroatoms. The van der Waals surface area contributed by atoms with E-state index in [0.717, 1.165) is 0 Å². The lowest BCUT2D eigenvalue weighted by Crippen LogP contribution is -2.64. The predicted molar refractivity (Wildman–Crippen MR) is 106 cm³/mol. The van der Waals surface area contributed by atoms with E-state index >= 15 is 0 Å². The quantitative estimate of drug-likeness (QED) is 0.623. The van der Waals surface area contributed by atoms with Crippen LogP contribution in [0.2, 0.25) is 0 Å². The molecule has 0 aromatic heterocycles. The number of hydrogen-bond donors (Lipinski definition) is 1. The van der Waals surface area contributed by atoms with Crippen molar-refractivity contribution in [3.05, 3.63) is 12.7 Å². The smallest absolute Gasteiger partial charge is 0.410 e. The van der Waals surface area contributed by atoms with Gasteiger partial charge in [-0.05, 0) is 27.7 Å². The number of sulfonamides is 1. The first kappa shape index (κ1) is 22.6. The number of carbonyl (C=O) groups excluding carboxylic acids is 2. The lowest BCUT2D eigenvalue weighted by Gasteiger charge is -2.44. The Morgan fingerprint density at radius 3 is 2.29 bits per heavy atom. The zero-order chi connectivity index (χ0) is 21.1. The first-order chi connectivity index (χ1) is 13.0. The highest BCUT2D eigenvalue weighted by Gasteiger charge is 2.44. The molecule has 2 amide bonds. The average Bonchev–Trinajstić information content (AvgIpc) is 2.56. The van der Waals surface area contributed by atoms with Crippen LogP contribution in [0.15, 0.2) is 12.7 Å². The van der Waals surface area contributed by atoms with Gasteiger partial charge in [-0.2, -0.15) is 4.31 Å². The summed E-state index contributed by atoms with van der Waals surface area (Å²) in [7, 11) is -3.45. The molecule has 28 heavy (non-hydrogen) atoms. The molecule has 1 N–H and O–H groups in total. The Balaban J connectivity index is 1.83. The zero-order valence-electron chi connectivity index (χ0n) is 17.2. The third-order valence-electron chi connectivity index (χ3n) is 4.90. The number of carbonyl (C=O) groups is 2. The average molecular weight is 417 g/mol. The minimum atomic E-state index is -3.45. The van der Waals surface area contributed by atoms with Crippen LogP contribution >= 0.6 is 0 Å². The molecule has 2 rings (SSSR count). The van der Waals surface area contributed by atoms with Gasteiger partial charge in [0, 0.05) is 45.8 Å². The van der Waals surface area contributed by atoms with Gasteiger partial charge in [0.05, 0.1) is 6.04 Å². The van der Waals surface area contributed by atoms with Crippen LogP contribution in [0.4, 0.5) is 4.79 Å². The third kappa shape index (κ3) is 5.45. The molecule has 1 atom stereocenters. The molecule has 0 radical (unpaired) electrons. The van der Waals surface area contributed by atoms with E-state index in [1.54, 1.807) is 33.8 Å². The Morgan fingerprint density at radius 2 is 1.79 bits per heavy atom. The Kier molecular flexibility index (Phi) is 7.11. The van der Waals surface area contributed by atoms with Gasteiger partial charge in [-0.1, -0.05) is 6.08 Å². The van der Waals surface area contributed by atoms with Crippen molar-refractivity contribution in [3.8, 4) is 0 Å². The van der Waals surface area contributed by atoms with Crippen LogP contribution in [-0.2, 0) is 19.6 Å². The van der Waals surface area contributed by atoms with E-state index in [-0.39, 0.29) is 25.0 Å². The minimum absolute atomic E-state index is 0.137. The van der Waals surface area contributed by atoms with Gasteiger partial charge in [0.1, 0.15) is 10.9 Å². The van der Waals surface area contributed by atoms with Crippen molar-refractivity contribution in [2.24, 2.45) is 0 Å². The lowest BCUT2D eigenvalue weighted by atomic mass is 10.1. The van der Waals surface area contributed by atoms with E-state index in [0.29, 0.717) is 32.7 Å². The van der Waals surface area contributed by atoms with Crippen LogP contribution in [0, 0.1) is 0 Å². The summed E-state index contributed by atoms with van der Waals surface area (Å²) in [6.45, 7) is 12.9. The van der Waals surface area contributed by atoms with E-state index in [1.165, 1.54) is 9.21 Å². The Morgan fingerprint density at radius 1 is 1.21 bits per heavy atom. The maximum Gasteiger partial charge on any atom is 0.410 e. The van der Waals surface area contributed by atoms with E-state index in [9.17, 15) is 18.0 Å². The number of likely N-dealkylation sites (tertiary alicyclic amines) is 1. The number of hydrogen-bond acceptors (Lipinski definition) is 6. The highest BCUT2D eigenvalue weighted by molar-refractivity contribution is 7.89. The molecule has 2 aliphatic rings. The molecule has 0 aromatic carbocycles. The molecule has 2 saturated heterocycles. The Bertz CT molecular complexity index is 689. The maximum atomic E-state index is 12.8. The SMILES string of the molecule is C=CCNC(=O)[C@@H](C)N1CC(S(=O)(=O)N2CCN(C(=O)OC(C)(C)C)CC2)C1. The van der Waals surface area contributed by atoms with Gasteiger partial charge in [0.15, 0.2) is 0 Å². The summed E-state index contributed by atoms with van der Waals surface area (Å²) < 4.78 is 32.4. The second-order valence-electron chi connectivity index (χ2n) is 8.20. The molecule has 0 aliphatic carbocycles. The molecule has 160 valence electrons. The molecule has 0 bridgehead atoms. The minimum Gasteiger partial charge on any atom is -0.444 e. The number of nitrogens with one attached hydrogen (secondary N) is 1. The van der Waals surface area contributed by atoms with Crippen molar-refractivity contribution in [1.29, 1.82) is 0 Å². The third-order valence-corrected chi connectivity index (χ3v) is 7.12. The number of rotatable bonds is 6. The highest BCUT2D eigenvalue weighted by atomic mass is 32.2. The molecule has 0 aromatic rings. The monoisotopic (exact) mass is 416 g/mol. The normalized spacial score (nSPS) is 20.9. The topological polar surface area (TPSA) is 99.3 Å². The zero-order valence-corrected chi connectivity index (χ0v) is 18.0. The number of amides is 2. The van der Waals surface area contributed by atoms with Crippen LogP contribution in [0.3, 0.4) is 0 Å². The molecular formula is C18H32N4O5S. The molecular weight excluding hydrogens is 384 g/mol. The van der Waals surface area contributed by atoms with Crippen LogP contribution in [-0.4, -0.2) is 97.2 Å². The molecule has 9 nitrogen and oxygen atoms in total. The number of nitrogens with zero attached hydrogens (tertiary/aromatic N) is 3. The molecule has 2 fully saturated rings. The summed E-state index contributed by atoms with van der Waals surface area (Å²) in [6, 6.07) is -0.379. The van der Waals surface area contributed by atoms with Crippen molar-refractivity contribution in [3.63, 3.8) is 0 Å². The van der Waals surface area contributed by atoms with Gasteiger partial charge >= 0.3 is 6.09 Å². The maximum absolute atomic E-state index is 12.8. The van der Waals surface area contributed by atoms with Gasteiger partial charge in [-0.3, -0.25) is 9.69 Å². The molecule has 0 saturated carbocycles. The van der Waals surface area contributed by atoms with E-state index < -0.39 is 27.0 Å². The van der Waals surface area contributed by atoms with Crippen molar-refractivity contribution in [2.75, 3.05) is 45.8 Å². The first-order valence-electron chi connectivity index (χ1n) is 9.55. The fourth-order valence-electron chi connectivity index (χ4n) is 3.12. The first-order valence-corrected chi connectivity index (χ1v) is 11.1. The van der Waals surface area contributed by atoms with Gasteiger partial charge in [-0.25, -0.2) is 13.2 Å². The van der Waals surface area contributed by atoms with Crippen LogP contribution < -0.4 is 5.32 Å². The van der Waals surface area contributed by atoms with Crippen LogP contribution in [0.25, 0.3) is 0 Å². The molecule has 2 aliphatic heterocycles. The fourth-order valence-corrected chi connectivity index (χ4v) is 4.98. The molecule has 0 spiro atoms. The molecule has 0 unspecified atom stereocenters. The Labute approximate surface area is 167 Å². The molecule has 2 heterocycles. The van der Waals surface area contributed by atoms with Gasteiger partial charge in [0.25, 0.3) is 0 Å². The fraction of sp³-hybridized carbons (Fsp3) is 0.778. The predicted octanol–water partition coefficient (Wildman–Crippen LogP) is 0.244. The van der Waals surface area contributed by atoms with E-state index in [4.69, 9.17) is 4.74 Å². The van der Waals surface area contributed by atoms with Crippen LogP contribution in [0.1, 0.15) is 27.7 Å². The van der Waals surface area contributed by atoms with Gasteiger partial charge in [0.2, 0.25) is 15.9 Å². The number of ether oxygens (including phenoxy) is 1. The van der Waals surface area contributed by atoms with Crippen LogP contribution in [0.5, 0.6) is 0 Å². The summed E-state index contributed by atoms with van der Waals surface area (Å²) in [5.41, 5.74) is -0.579. The van der Waals surface area contributed by atoms with E-state index in [1.807, 2.05) is 4.90 Å². The van der Waals surface area contributed by atoms with Gasteiger partial charge in [-0.15, -0.1) is 6.58 Å². The summed E-state index contributed by atoms with van der Waals surface area (Å²) in [5.74, 6) is -0.137. The summed E-state index contributed by atoms with van der Waals surface area (Å²) in [6.07, 6.45) is 1.18. The van der Waals surface area contributed by atoms with Crippen molar-refractivity contribution in [1.82, 2.24) is 19.4 Å². The van der Waals surface area contributed by atoms with E-state index in [2.05, 4.69) is 11.9 Å². The largest absolute Gasteiger partial charge is 0.444 e. The summed E-state index contributed by atoms with van der Waals surface area (Å²) >= 11 is 0. The second-order valence-corrected chi connectivity index (χ2v) is 10.4. The van der Waals surface area contributed by atoms with Gasteiger partial charge < -0.3 is 15.0 Å². The van der Waals surface area contributed by atoms with Crippen molar-refractivity contribution < 1.29 is 22.7 Å². The summed E-state index contributed by atoms with van der Waals surface area (Å²) in [4.78, 5) is 27.5. The van der Waals surface area contributed by atoms with Crippen molar-refractivity contribution in [2.45, 2.75) is 44.6 Å². The standard InChI is InChI=1S/C18H32N4O5S/c1-6-7-19-16(23)14(2)21-12-15(13-21)28(25,26)22-10-8-20(9-11-22)17(24)27-18(3,4)5/h6,14-15H,1,7-13H2,2-5H3,(H,19,23)/t14-/m1/s1. The number of piperazine rings is 1. The van der Waals surface area contributed by atoms with Crippen molar-refractivity contribution >= 4 is 22.0 Å². The highest BCUT2D eigenvalue weighted by Crippen LogP contribution is 2.23. The Hall–Kier alpha value is -1.65.